The number of rotatable bonds is 6. The Kier molecular flexibility index (Phi) is 4.99. The fraction of sp³-hybridized carbons (Fsp3) is 0.158. The molecule has 0 unspecified atom stereocenters. The number of carbonyl (C=O) groups is 1. The molecule has 0 spiro atoms. The van der Waals surface area contributed by atoms with Crippen molar-refractivity contribution in [3.8, 4) is 11.5 Å². The van der Waals surface area contributed by atoms with Gasteiger partial charge in [0.2, 0.25) is 0 Å². The largest absolute Gasteiger partial charge is 0.493 e. The molecule has 1 amide bonds. The molecule has 6 nitrogen and oxygen atoms in total. The number of para-hydroxylation sites is 2. The molecular formula is C19H19N3O3. The third-order valence-electron chi connectivity index (χ3n) is 3.61. The van der Waals surface area contributed by atoms with Crippen molar-refractivity contribution in [2.45, 2.75) is 6.61 Å². The van der Waals surface area contributed by atoms with E-state index in [-0.39, 0.29) is 5.91 Å². The SMILES string of the molecule is COc1ccccc1OCc1cccc(C(=O)Nc2ccn(C)n2)c1. The maximum atomic E-state index is 12.3. The van der Waals surface area contributed by atoms with Gasteiger partial charge in [-0.15, -0.1) is 0 Å². The lowest BCUT2D eigenvalue weighted by Gasteiger charge is -2.11. The third kappa shape index (κ3) is 4.17. The van der Waals surface area contributed by atoms with Gasteiger partial charge >= 0.3 is 0 Å². The Morgan fingerprint density at radius 1 is 1.12 bits per heavy atom. The zero-order chi connectivity index (χ0) is 17.6. The van der Waals surface area contributed by atoms with E-state index in [0.29, 0.717) is 29.5 Å². The number of carbonyl (C=O) groups excluding carboxylic acids is 1. The van der Waals surface area contributed by atoms with Crippen LogP contribution in [0.15, 0.2) is 60.8 Å². The highest BCUT2D eigenvalue weighted by Crippen LogP contribution is 2.26. The first-order valence-corrected chi connectivity index (χ1v) is 7.81. The summed E-state index contributed by atoms with van der Waals surface area (Å²) in [7, 11) is 3.40. The van der Waals surface area contributed by atoms with Gasteiger partial charge in [0.1, 0.15) is 6.61 Å². The summed E-state index contributed by atoms with van der Waals surface area (Å²) in [5.74, 6) is 1.64. The first-order valence-electron chi connectivity index (χ1n) is 7.81. The van der Waals surface area contributed by atoms with Crippen molar-refractivity contribution in [1.82, 2.24) is 9.78 Å². The van der Waals surface area contributed by atoms with Gasteiger partial charge in [-0.1, -0.05) is 24.3 Å². The summed E-state index contributed by atoms with van der Waals surface area (Å²) < 4.78 is 12.7. The lowest BCUT2D eigenvalue weighted by atomic mass is 10.1. The number of aryl methyl sites for hydroxylation is 1. The molecule has 2 aromatic carbocycles. The average molecular weight is 337 g/mol. The zero-order valence-corrected chi connectivity index (χ0v) is 14.1. The van der Waals surface area contributed by atoms with E-state index >= 15 is 0 Å². The van der Waals surface area contributed by atoms with Gasteiger partial charge in [0.25, 0.3) is 5.91 Å². The van der Waals surface area contributed by atoms with Gasteiger partial charge < -0.3 is 14.8 Å². The van der Waals surface area contributed by atoms with Gasteiger partial charge in [-0.3, -0.25) is 9.48 Å². The van der Waals surface area contributed by atoms with Crippen molar-refractivity contribution in [3.63, 3.8) is 0 Å². The summed E-state index contributed by atoms with van der Waals surface area (Å²) in [6.07, 6.45) is 1.77. The maximum absolute atomic E-state index is 12.3. The molecule has 0 aliphatic rings. The Morgan fingerprint density at radius 3 is 2.64 bits per heavy atom. The molecule has 0 aliphatic heterocycles. The smallest absolute Gasteiger partial charge is 0.256 e. The number of methoxy groups -OCH3 is 1. The second-order valence-electron chi connectivity index (χ2n) is 5.47. The van der Waals surface area contributed by atoms with E-state index in [1.165, 1.54) is 0 Å². The quantitative estimate of drug-likeness (QED) is 0.750. The second-order valence-corrected chi connectivity index (χ2v) is 5.47. The van der Waals surface area contributed by atoms with E-state index in [4.69, 9.17) is 9.47 Å². The molecule has 1 aromatic heterocycles. The molecular weight excluding hydrogens is 318 g/mol. The Balaban J connectivity index is 1.67. The molecule has 0 saturated heterocycles. The topological polar surface area (TPSA) is 65.4 Å². The lowest BCUT2D eigenvalue weighted by Crippen LogP contribution is -2.13. The first kappa shape index (κ1) is 16.6. The van der Waals surface area contributed by atoms with Crippen LogP contribution < -0.4 is 14.8 Å². The Hall–Kier alpha value is -3.28. The van der Waals surface area contributed by atoms with E-state index in [2.05, 4.69) is 10.4 Å². The lowest BCUT2D eigenvalue weighted by molar-refractivity contribution is 0.102. The Morgan fingerprint density at radius 2 is 1.92 bits per heavy atom. The summed E-state index contributed by atoms with van der Waals surface area (Å²) in [5.41, 5.74) is 1.44. The molecule has 0 atom stereocenters. The van der Waals surface area contributed by atoms with E-state index in [1.54, 1.807) is 43.2 Å². The van der Waals surface area contributed by atoms with Crippen molar-refractivity contribution >= 4 is 11.7 Å². The second kappa shape index (κ2) is 7.53. The molecule has 1 heterocycles. The van der Waals surface area contributed by atoms with Gasteiger partial charge in [0.05, 0.1) is 7.11 Å². The number of amides is 1. The van der Waals surface area contributed by atoms with Crippen LogP contribution >= 0.6 is 0 Å². The summed E-state index contributed by atoms with van der Waals surface area (Å²) in [5, 5.41) is 6.91. The molecule has 0 radical (unpaired) electrons. The fourth-order valence-corrected chi connectivity index (χ4v) is 2.37. The van der Waals surface area contributed by atoms with Crippen LogP contribution in [0.3, 0.4) is 0 Å². The van der Waals surface area contributed by atoms with Gasteiger partial charge in [-0.25, -0.2) is 0 Å². The molecule has 0 bridgehead atoms. The van der Waals surface area contributed by atoms with Crippen LogP contribution in [0.4, 0.5) is 5.82 Å². The fourth-order valence-electron chi connectivity index (χ4n) is 2.37. The third-order valence-corrected chi connectivity index (χ3v) is 3.61. The predicted octanol–water partition coefficient (Wildman–Crippen LogP) is 3.26. The maximum Gasteiger partial charge on any atom is 0.256 e. The molecule has 0 aliphatic carbocycles. The highest BCUT2D eigenvalue weighted by Gasteiger charge is 2.09. The minimum Gasteiger partial charge on any atom is -0.493 e. The normalized spacial score (nSPS) is 10.3. The van der Waals surface area contributed by atoms with Crippen LogP contribution in [-0.4, -0.2) is 22.8 Å². The summed E-state index contributed by atoms with van der Waals surface area (Å²) >= 11 is 0. The van der Waals surface area contributed by atoms with Crippen LogP contribution in [0.2, 0.25) is 0 Å². The number of aromatic nitrogens is 2. The van der Waals surface area contributed by atoms with Gasteiger partial charge in [-0.05, 0) is 29.8 Å². The average Bonchev–Trinajstić information content (AvgIpc) is 3.05. The molecule has 0 saturated carbocycles. The number of nitrogens with one attached hydrogen (secondary N) is 1. The zero-order valence-electron chi connectivity index (χ0n) is 14.1. The number of benzene rings is 2. The van der Waals surface area contributed by atoms with E-state index < -0.39 is 0 Å². The van der Waals surface area contributed by atoms with Crippen molar-refractivity contribution in [3.05, 3.63) is 71.9 Å². The number of nitrogens with zero attached hydrogens (tertiary/aromatic N) is 2. The van der Waals surface area contributed by atoms with Crippen LogP contribution in [0.25, 0.3) is 0 Å². The number of anilines is 1. The van der Waals surface area contributed by atoms with Gasteiger partial charge in [0, 0.05) is 24.9 Å². The number of hydrogen-bond donors (Lipinski definition) is 1. The summed E-state index contributed by atoms with van der Waals surface area (Å²) in [6.45, 7) is 0.338. The van der Waals surface area contributed by atoms with E-state index in [9.17, 15) is 4.79 Å². The van der Waals surface area contributed by atoms with Crippen LogP contribution in [0.1, 0.15) is 15.9 Å². The summed E-state index contributed by atoms with van der Waals surface area (Å²) in [4.78, 5) is 12.3. The molecule has 1 N–H and O–H groups in total. The standard InChI is InChI=1S/C19H19N3O3/c1-22-11-10-18(21-22)20-19(23)15-7-5-6-14(12-15)13-25-17-9-4-3-8-16(17)24-2/h3-12H,13H2,1-2H3,(H,20,21,23). The number of hydrogen-bond acceptors (Lipinski definition) is 4. The first-order chi connectivity index (χ1) is 12.2. The van der Waals surface area contributed by atoms with E-state index in [0.717, 1.165) is 5.56 Å². The highest BCUT2D eigenvalue weighted by atomic mass is 16.5. The molecule has 0 fully saturated rings. The Labute approximate surface area is 146 Å². The van der Waals surface area contributed by atoms with Crippen molar-refractivity contribution in [2.24, 2.45) is 7.05 Å². The highest BCUT2D eigenvalue weighted by molar-refractivity contribution is 6.03. The van der Waals surface area contributed by atoms with Crippen LogP contribution in [0.5, 0.6) is 11.5 Å². The molecule has 6 heteroatoms. The Bertz CT molecular complexity index is 874. The summed E-state index contributed by atoms with van der Waals surface area (Å²) in [6, 6.07) is 16.5. The van der Waals surface area contributed by atoms with Gasteiger partial charge in [0.15, 0.2) is 17.3 Å². The number of ether oxygens (including phenoxy) is 2. The van der Waals surface area contributed by atoms with Crippen LogP contribution in [-0.2, 0) is 13.7 Å². The van der Waals surface area contributed by atoms with Crippen molar-refractivity contribution < 1.29 is 14.3 Å². The minimum absolute atomic E-state index is 0.210. The molecule has 3 rings (SSSR count). The molecule has 128 valence electrons. The predicted molar refractivity (Wildman–Crippen MR) is 94.9 cm³/mol. The van der Waals surface area contributed by atoms with Crippen LogP contribution in [0, 0.1) is 0 Å². The molecule has 25 heavy (non-hydrogen) atoms. The minimum atomic E-state index is -0.210. The molecule has 3 aromatic rings. The van der Waals surface area contributed by atoms with Crippen molar-refractivity contribution in [1.29, 1.82) is 0 Å². The monoisotopic (exact) mass is 337 g/mol. The van der Waals surface area contributed by atoms with E-state index in [1.807, 2.05) is 36.4 Å². The van der Waals surface area contributed by atoms with Crippen molar-refractivity contribution in [2.75, 3.05) is 12.4 Å². The van der Waals surface area contributed by atoms with Gasteiger partial charge in [-0.2, -0.15) is 5.10 Å².